The first-order valence-corrected chi connectivity index (χ1v) is 12.5. The van der Waals surface area contributed by atoms with Gasteiger partial charge in [0.1, 0.15) is 11.4 Å². The van der Waals surface area contributed by atoms with Crippen LogP contribution in [0.1, 0.15) is 49.5 Å². The van der Waals surface area contributed by atoms with Gasteiger partial charge in [-0.25, -0.2) is 9.78 Å². The van der Waals surface area contributed by atoms with Crippen molar-refractivity contribution in [1.82, 2.24) is 15.2 Å². The fraction of sp³-hybridized carbons (Fsp3) is 0.480. The van der Waals surface area contributed by atoms with Gasteiger partial charge in [-0.15, -0.1) is 0 Å². The molecule has 0 radical (unpaired) electrons. The van der Waals surface area contributed by atoms with Gasteiger partial charge < -0.3 is 20.1 Å². The number of aliphatic hydroxyl groups is 1. The first kappa shape index (κ1) is 25.6. The van der Waals surface area contributed by atoms with E-state index in [-0.39, 0.29) is 30.4 Å². The Bertz CT molecular complexity index is 1170. The summed E-state index contributed by atoms with van der Waals surface area (Å²) in [4.78, 5) is 32.5. The molecule has 3 heterocycles. The first-order valence-electron chi connectivity index (χ1n) is 12.2. The quantitative estimate of drug-likeness (QED) is 0.605. The number of halogens is 4. The average Bonchev–Trinajstić information content (AvgIpc) is 3.25. The van der Waals surface area contributed by atoms with E-state index in [9.17, 15) is 27.9 Å². The number of aromatic nitrogens is 1. The van der Waals surface area contributed by atoms with Crippen LogP contribution in [0.5, 0.6) is 5.75 Å². The fourth-order valence-electron chi connectivity index (χ4n) is 5.25. The summed E-state index contributed by atoms with van der Waals surface area (Å²) < 4.78 is 44.2. The van der Waals surface area contributed by atoms with Crippen molar-refractivity contribution in [2.24, 2.45) is 0 Å². The van der Waals surface area contributed by atoms with Crippen LogP contribution in [0.3, 0.4) is 0 Å². The lowest BCUT2D eigenvalue weighted by Crippen LogP contribution is -2.49. The standard InChI is InChI=1S/C25H26ClF3N4O4/c26-14-1-7-20-18(11-14)19(34)12-21(37-20)23(35)31-15-2-4-16(5-3-15)32-9-10-33(24(32)36)17-6-8-22(30-13-17)25(27,28)29/h1,6-8,11,13,15-16,19,21,34H,2-5,9-10,12H2,(H,31,35)/t15?,16?,19-,21-/m1/s1. The molecular formula is C25H26ClF3N4O4. The van der Waals surface area contributed by atoms with Gasteiger partial charge in [0.15, 0.2) is 6.10 Å². The highest BCUT2D eigenvalue weighted by atomic mass is 35.5. The van der Waals surface area contributed by atoms with Crippen LogP contribution in [0.25, 0.3) is 0 Å². The maximum atomic E-state index is 13.0. The number of urea groups is 1. The summed E-state index contributed by atoms with van der Waals surface area (Å²) in [5.74, 6) is 0.147. The molecule has 1 saturated heterocycles. The third kappa shape index (κ3) is 5.33. The highest BCUT2D eigenvalue weighted by Gasteiger charge is 2.39. The highest BCUT2D eigenvalue weighted by molar-refractivity contribution is 6.30. The fourth-order valence-corrected chi connectivity index (χ4v) is 5.43. The van der Waals surface area contributed by atoms with E-state index < -0.39 is 24.1 Å². The number of fused-ring (bicyclic) bond motifs is 1. The maximum Gasteiger partial charge on any atom is 0.433 e. The Labute approximate surface area is 216 Å². The van der Waals surface area contributed by atoms with Gasteiger partial charge in [0, 0.05) is 42.2 Å². The van der Waals surface area contributed by atoms with Crippen LogP contribution in [-0.2, 0) is 11.0 Å². The Balaban J connectivity index is 1.13. The summed E-state index contributed by atoms with van der Waals surface area (Å²) in [7, 11) is 0. The van der Waals surface area contributed by atoms with Gasteiger partial charge in [0.2, 0.25) is 0 Å². The van der Waals surface area contributed by atoms with Gasteiger partial charge in [-0.2, -0.15) is 13.2 Å². The molecule has 2 aromatic rings. The van der Waals surface area contributed by atoms with Gasteiger partial charge in [0.05, 0.1) is 18.0 Å². The van der Waals surface area contributed by atoms with Crippen LogP contribution < -0.4 is 15.0 Å². The third-order valence-corrected chi connectivity index (χ3v) is 7.44. The van der Waals surface area contributed by atoms with Crippen LogP contribution in [0.2, 0.25) is 5.02 Å². The van der Waals surface area contributed by atoms with E-state index >= 15 is 0 Å². The number of carbonyl (C=O) groups is 2. The van der Waals surface area contributed by atoms with Crippen molar-refractivity contribution in [3.05, 3.63) is 52.8 Å². The Morgan fingerprint density at radius 1 is 1.14 bits per heavy atom. The summed E-state index contributed by atoms with van der Waals surface area (Å²) in [6.07, 6.45) is -2.27. The molecule has 0 unspecified atom stereocenters. The van der Waals surface area contributed by atoms with Gasteiger partial charge in [-0.3, -0.25) is 9.69 Å². The van der Waals surface area contributed by atoms with E-state index in [1.165, 1.54) is 11.0 Å². The average molecular weight is 539 g/mol. The maximum absolute atomic E-state index is 13.0. The number of anilines is 1. The Hall–Kier alpha value is -3.05. The van der Waals surface area contributed by atoms with Crippen molar-refractivity contribution in [2.45, 2.75) is 62.6 Å². The Kier molecular flexibility index (Phi) is 6.93. The lowest BCUT2D eigenvalue weighted by atomic mass is 9.90. The largest absolute Gasteiger partial charge is 0.480 e. The molecule has 3 amide bonds. The lowest BCUT2D eigenvalue weighted by Gasteiger charge is -2.35. The van der Waals surface area contributed by atoms with E-state index in [0.29, 0.717) is 60.8 Å². The summed E-state index contributed by atoms with van der Waals surface area (Å²) in [6, 6.07) is 6.71. The van der Waals surface area contributed by atoms with Crippen LogP contribution in [0.15, 0.2) is 36.5 Å². The number of nitrogens with zero attached hydrogens (tertiary/aromatic N) is 3. The van der Waals surface area contributed by atoms with Crippen molar-refractivity contribution >= 4 is 29.2 Å². The zero-order valence-corrected chi connectivity index (χ0v) is 20.5. The van der Waals surface area contributed by atoms with Crippen molar-refractivity contribution in [3.63, 3.8) is 0 Å². The molecule has 0 spiro atoms. The molecule has 12 heteroatoms. The van der Waals surface area contributed by atoms with E-state index in [2.05, 4.69) is 10.3 Å². The molecule has 2 atom stereocenters. The lowest BCUT2D eigenvalue weighted by molar-refractivity contribution is -0.141. The molecule has 2 N–H and O–H groups in total. The van der Waals surface area contributed by atoms with Gasteiger partial charge in [0.25, 0.3) is 5.91 Å². The molecule has 3 aliphatic rings. The minimum atomic E-state index is -4.53. The Morgan fingerprint density at radius 3 is 2.57 bits per heavy atom. The molecule has 1 saturated carbocycles. The molecule has 1 aromatic carbocycles. The van der Waals surface area contributed by atoms with E-state index in [4.69, 9.17) is 16.3 Å². The number of amides is 3. The number of rotatable bonds is 4. The number of benzene rings is 1. The van der Waals surface area contributed by atoms with Crippen molar-refractivity contribution in [1.29, 1.82) is 0 Å². The normalized spacial score (nSPS) is 26.0. The SMILES string of the molecule is O=C(NC1CCC(N2CCN(c3ccc(C(F)(F)F)nc3)C2=O)CC1)[C@H]1C[C@@H](O)c2cc(Cl)ccc2O1. The zero-order chi connectivity index (χ0) is 26.3. The number of ether oxygens (including phenoxy) is 1. The minimum Gasteiger partial charge on any atom is -0.480 e. The first-order chi connectivity index (χ1) is 17.6. The summed E-state index contributed by atoms with van der Waals surface area (Å²) in [5, 5.41) is 13.9. The van der Waals surface area contributed by atoms with Gasteiger partial charge in [-0.1, -0.05) is 11.6 Å². The second-order valence-corrected chi connectivity index (χ2v) is 10.0. The third-order valence-electron chi connectivity index (χ3n) is 7.20. The topological polar surface area (TPSA) is 95.0 Å². The zero-order valence-electron chi connectivity index (χ0n) is 19.7. The smallest absolute Gasteiger partial charge is 0.433 e. The predicted molar refractivity (Wildman–Crippen MR) is 128 cm³/mol. The molecule has 0 bridgehead atoms. The molecule has 5 rings (SSSR count). The van der Waals surface area contributed by atoms with Crippen molar-refractivity contribution < 1.29 is 32.6 Å². The molecule has 1 aliphatic carbocycles. The van der Waals surface area contributed by atoms with Crippen LogP contribution in [0.4, 0.5) is 23.7 Å². The van der Waals surface area contributed by atoms with Crippen molar-refractivity contribution in [3.8, 4) is 5.75 Å². The molecule has 8 nitrogen and oxygen atoms in total. The predicted octanol–water partition coefficient (Wildman–Crippen LogP) is 4.31. The second-order valence-electron chi connectivity index (χ2n) is 9.58. The molecule has 198 valence electrons. The number of pyridine rings is 1. The van der Waals surface area contributed by atoms with E-state index in [1.54, 1.807) is 23.1 Å². The number of nitrogens with one attached hydrogen (secondary N) is 1. The van der Waals surface area contributed by atoms with Crippen molar-refractivity contribution in [2.75, 3.05) is 18.0 Å². The number of hydrogen-bond acceptors (Lipinski definition) is 5. The number of hydrogen-bond donors (Lipinski definition) is 2. The molecule has 1 aromatic heterocycles. The second kappa shape index (κ2) is 10.0. The summed E-state index contributed by atoms with van der Waals surface area (Å²) in [5.41, 5.74) is -0.102. The molecule has 2 aliphatic heterocycles. The van der Waals surface area contributed by atoms with E-state index in [0.717, 1.165) is 12.3 Å². The monoisotopic (exact) mass is 538 g/mol. The van der Waals surface area contributed by atoms with Crippen LogP contribution in [0, 0.1) is 0 Å². The van der Waals surface area contributed by atoms with E-state index in [1.807, 2.05) is 0 Å². The molecule has 2 fully saturated rings. The molecule has 37 heavy (non-hydrogen) atoms. The Morgan fingerprint density at radius 2 is 1.89 bits per heavy atom. The minimum absolute atomic E-state index is 0.0163. The summed E-state index contributed by atoms with van der Waals surface area (Å²) in [6.45, 7) is 0.843. The molecular weight excluding hydrogens is 513 g/mol. The number of alkyl halides is 3. The van der Waals surface area contributed by atoms with Crippen LogP contribution >= 0.6 is 11.6 Å². The number of carbonyl (C=O) groups excluding carboxylic acids is 2. The number of aliphatic hydroxyl groups excluding tert-OH is 1. The summed E-state index contributed by atoms with van der Waals surface area (Å²) >= 11 is 5.98. The highest BCUT2D eigenvalue weighted by Crippen LogP contribution is 2.37. The van der Waals surface area contributed by atoms with Gasteiger partial charge >= 0.3 is 12.2 Å². The van der Waals surface area contributed by atoms with Crippen LogP contribution in [-0.4, -0.2) is 58.2 Å². The van der Waals surface area contributed by atoms with Gasteiger partial charge in [-0.05, 0) is 56.0 Å².